The van der Waals surface area contributed by atoms with Crippen LogP contribution in [0, 0.1) is 0 Å². The molecule has 0 aliphatic rings. The molecule has 17 heavy (non-hydrogen) atoms. The van der Waals surface area contributed by atoms with Crippen LogP contribution in [0.5, 0.6) is 11.8 Å². The van der Waals surface area contributed by atoms with E-state index in [-0.39, 0.29) is 0 Å². The standard InChI is InChI=1S/C12H15N3O2/c1-16-11-7-12(17-2)15(14-11)10-5-3-9(8-13)4-6-10/h3-7H,8,13H2,1-2H3. The van der Waals surface area contributed by atoms with Crippen molar-refractivity contribution in [3.05, 3.63) is 35.9 Å². The molecule has 1 heterocycles. The molecular weight excluding hydrogens is 218 g/mol. The predicted molar refractivity (Wildman–Crippen MR) is 64.6 cm³/mol. The van der Waals surface area contributed by atoms with Gasteiger partial charge in [0.15, 0.2) is 0 Å². The number of hydrogen-bond donors (Lipinski definition) is 1. The average Bonchev–Trinajstić information content (AvgIpc) is 2.82. The van der Waals surface area contributed by atoms with Crippen molar-refractivity contribution in [1.29, 1.82) is 0 Å². The third kappa shape index (κ3) is 2.24. The van der Waals surface area contributed by atoms with Gasteiger partial charge in [0.25, 0.3) is 0 Å². The van der Waals surface area contributed by atoms with E-state index in [1.54, 1.807) is 25.0 Å². The van der Waals surface area contributed by atoms with Crippen LogP contribution in [-0.2, 0) is 6.54 Å². The Kier molecular flexibility index (Phi) is 3.30. The maximum atomic E-state index is 5.55. The first-order valence-electron chi connectivity index (χ1n) is 5.26. The largest absolute Gasteiger partial charge is 0.481 e. The highest BCUT2D eigenvalue weighted by molar-refractivity contribution is 5.39. The topological polar surface area (TPSA) is 62.3 Å². The van der Waals surface area contributed by atoms with E-state index < -0.39 is 0 Å². The molecule has 0 spiro atoms. The molecule has 0 radical (unpaired) electrons. The Balaban J connectivity index is 2.40. The molecule has 2 rings (SSSR count). The fourth-order valence-corrected chi connectivity index (χ4v) is 1.55. The van der Waals surface area contributed by atoms with E-state index in [0.717, 1.165) is 11.3 Å². The summed E-state index contributed by atoms with van der Waals surface area (Å²) in [5.41, 5.74) is 7.53. The van der Waals surface area contributed by atoms with Crippen LogP contribution in [0.1, 0.15) is 5.56 Å². The summed E-state index contributed by atoms with van der Waals surface area (Å²) in [4.78, 5) is 0. The van der Waals surface area contributed by atoms with Gasteiger partial charge in [-0.05, 0) is 17.7 Å². The Bertz CT molecular complexity index is 491. The van der Waals surface area contributed by atoms with E-state index in [0.29, 0.717) is 18.3 Å². The van der Waals surface area contributed by atoms with Crippen molar-refractivity contribution >= 4 is 0 Å². The second-order valence-corrected chi connectivity index (χ2v) is 3.51. The molecule has 0 saturated heterocycles. The summed E-state index contributed by atoms with van der Waals surface area (Å²) in [6.45, 7) is 0.528. The van der Waals surface area contributed by atoms with Gasteiger partial charge in [-0.3, -0.25) is 0 Å². The lowest BCUT2D eigenvalue weighted by molar-refractivity contribution is 0.382. The number of nitrogens with zero attached hydrogens (tertiary/aromatic N) is 2. The Morgan fingerprint density at radius 2 is 1.88 bits per heavy atom. The quantitative estimate of drug-likeness (QED) is 0.865. The Labute approximate surface area is 99.8 Å². The van der Waals surface area contributed by atoms with Crippen molar-refractivity contribution in [2.45, 2.75) is 6.54 Å². The average molecular weight is 233 g/mol. The smallest absolute Gasteiger partial charge is 0.236 e. The van der Waals surface area contributed by atoms with Crippen LogP contribution in [-0.4, -0.2) is 24.0 Å². The summed E-state index contributed by atoms with van der Waals surface area (Å²) in [7, 11) is 3.17. The Hall–Kier alpha value is -2.01. The minimum Gasteiger partial charge on any atom is -0.481 e. The van der Waals surface area contributed by atoms with Gasteiger partial charge in [-0.1, -0.05) is 12.1 Å². The number of aromatic nitrogens is 2. The summed E-state index contributed by atoms with van der Waals surface area (Å²) in [6.07, 6.45) is 0. The van der Waals surface area contributed by atoms with Crippen molar-refractivity contribution in [3.63, 3.8) is 0 Å². The van der Waals surface area contributed by atoms with Gasteiger partial charge in [-0.2, -0.15) is 4.68 Å². The Morgan fingerprint density at radius 3 is 2.41 bits per heavy atom. The number of nitrogens with two attached hydrogens (primary N) is 1. The zero-order chi connectivity index (χ0) is 12.3. The highest BCUT2D eigenvalue weighted by Crippen LogP contribution is 2.23. The molecule has 90 valence electrons. The normalized spacial score (nSPS) is 10.3. The second kappa shape index (κ2) is 4.88. The molecule has 5 heteroatoms. The van der Waals surface area contributed by atoms with Crippen LogP contribution in [0.3, 0.4) is 0 Å². The molecule has 1 aromatic carbocycles. The second-order valence-electron chi connectivity index (χ2n) is 3.51. The zero-order valence-electron chi connectivity index (χ0n) is 9.88. The zero-order valence-corrected chi connectivity index (χ0v) is 9.88. The van der Waals surface area contributed by atoms with Gasteiger partial charge in [0.1, 0.15) is 0 Å². The van der Waals surface area contributed by atoms with Gasteiger partial charge in [0.2, 0.25) is 11.8 Å². The molecular formula is C12H15N3O2. The first-order valence-corrected chi connectivity index (χ1v) is 5.26. The first kappa shape index (κ1) is 11.5. The molecule has 5 nitrogen and oxygen atoms in total. The van der Waals surface area contributed by atoms with Gasteiger partial charge in [0.05, 0.1) is 26.0 Å². The molecule has 2 aromatic rings. The Morgan fingerprint density at radius 1 is 1.18 bits per heavy atom. The van der Waals surface area contributed by atoms with Crippen molar-refractivity contribution in [3.8, 4) is 17.4 Å². The van der Waals surface area contributed by atoms with Gasteiger partial charge < -0.3 is 15.2 Å². The monoisotopic (exact) mass is 233 g/mol. The van der Waals surface area contributed by atoms with Crippen molar-refractivity contribution < 1.29 is 9.47 Å². The van der Waals surface area contributed by atoms with Crippen LogP contribution in [0.2, 0.25) is 0 Å². The van der Waals surface area contributed by atoms with Gasteiger partial charge in [-0.15, -0.1) is 5.10 Å². The van der Waals surface area contributed by atoms with Crippen LogP contribution in [0.25, 0.3) is 5.69 Å². The van der Waals surface area contributed by atoms with Crippen molar-refractivity contribution in [1.82, 2.24) is 9.78 Å². The van der Waals surface area contributed by atoms with Gasteiger partial charge >= 0.3 is 0 Å². The molecule has 0 atom stereocenters. The maximum absolute atomic E-state index is 5.55. The van der Waals surface area contributed by atoms with Crippen LogP contribution in [0.4, 0.5) is 0 Å². The van der Waals surface area contributed by atoms with E-state index in [1.807, 2.05) is 24.3 Å². The number of ether oxygens (including phenoxy) is 2. The van der Waals surface area contributed by atoms with Crippen LogP contribution >= 0.6 is 0 Å². The SMILES string of the molecule is COc1cc(OC)n(-c2ccc(CN)cc2)n1. The number of hydrogen-bond acceptors (Lipinski definition) is 4. The summed E-state index contributed by atoms with van der Waals surface area (Å²) >= 11 is 0. The summed E-state index contributed by atoms with van der Waals surface area (Å²) in [5.74, 6) is 1.15. The molecule has 0 bridgehead atoms. The molecule has 0 fully saturated rings. The highest BCUT2D eigenvalue weighted by atomic mass is 16.5. The van der Waals surface area contributed by atoms with E-state index in [9.17, 15) is 0 Å². The predicted octanol–water partition coefficient (Wildman–Crippen LogP) is 1.35. The molecule has 1 aromatic heterocycles. The van der Waals surface area contributed by atoms with Gasteiger partial charge in [-0.25, -0.2) is 0 Å². The molecule has 0 amide bonds. The molecule has 0 saturated carbocycles. The van der Waals surface area contributed by atoms with E-state index in [2.05, 4.69) is 5.10 Å². The van der Waals surface area contributed by atoms with Crippen molar-refractivity contribution in [2.75, 3.05) is 14.2 Å². The van der Waals surface area contributed by atoms with E-state index >= 15 is 0 Å². The fourth-order valence-electron chi connectivity index (χ4n) is 1.55. The third-order valence-electron chi connectivity index (χ3n) is 2.49. The maximum Gasteiger partial charge on any atom is 0.236 e. The number of rotatable bonds is 4. The molecule has 0 aliphatic heterocycles. The van der Waals surface area contributed by atoms with E-state index in [1.165, 1.54) is 0 Å². The van der Waals surface area contributed by atoms with E-state index in [4.69, 9.17) is 15.2 Å². The molecule has 2 N–H and O–H groups in total. The fraction of sp³-hybridized carbons (Fsp3) is 0.250. The van der Waals surface area contributed by atoms with Crippen LogP contribution in [0.15, 0.2) is 30.3 Å². The van der Waals surface area contributed by atoms with Crippen LogP contribution < -0.4 is 15.2 Å². The minimum absolute atomic E-state index is 0.518. The lowest BCUT2D eigenvalue weighted by atomic mass is 10.2. The number of benzene rings is 1. The first-order chi connectivity index (χ1) is 8.28. The lowest BCUT2D eigenvalue weighted by Crippen LogP contribution is -2.01. The molecule has 0 unspecified atom stereocenters. The number of methoxy groups -OCH3 is 2. The summed E-state index contributed by atoms with van der Waals surface area (Å²) in [5, 5.41) is 4.26. The summed E-state index contributed by atoms with van der Waals surface area (Å²) < 4.78 is 12.0. The van der Waals surface area contributed by atoms with Crippen molar-refractivity contribution in [2.24, 2.45) is 5.73 Å². The highest BCUT2D eigenvalue weighted by Gasteiger charge is 2.09. The summed E-state index contributed by atoms with van der Waals surface area (Å²) in [6, 6.07) is 9.54. The third-order valence-corrected chi connectivity index (χ3v) is 2.49. The molecule has 0 aliphatic carbocycles. The van der Waals surface area contributed by atoms with Gasteiger partial charge in [0, 0.05) is 6.54 Å². The minimum atomic E-state index is 0.518. The lowest BCUT2D eigenvalue weighted by Gasteiger charge is -2.06.